The second kappa shape index (κ2) is 7.58. The molecule has 2 aromatic carbocycles. The minimum atomic E-state index is -0.888. The smallest absolute Gasteiger partial charge is 0.265 e. The number of nitrogens with one attached hydrogen (secondary N) is 1. The Kier molecular flexibility index (Phi) is 5.51. The van der Waals surface area contributed by atoms with Gasteiger partial charge in [-0.2, -0.15) is 0 Å². The van der Waals surface area contributed by atoms with E-state index in [-0.39, 0.29) is 0 Å². The lowest BCUT2D eigenvalue weighted by Gasteiger charge is -2.18. The van der Waals surface area contributed by atoms with Crippen LogP contribution in [-0.4, -0.2) is 19.1 Å². The molecule has 0 unspecified atom stereocenters. The minimum Gasteiger partial charge on any atom is -0.497 e. The molecule has 2 aromatic rings. The number of hydrogen-bond donors (Lipinski definition) is 1. The lowest BCUT2D eigenvalue weighted by Crippen LogP contribution is -2.33. The van der Waals surface area contributed by atoms with Crippen LogP contribution in [0.15, 0.2) is 42.5 Å². The van der Waals surface area contributed by atoms with Crippen LogP contribution in [0.3, 0.4) is 0 Å². The molecule has 0 spiro atoms. The van der Waals surface area contributed by atoms with Crippen molar-refractivity contribution >= 4 is 11.6 Å². The number of carbonyl (C=O) groups excluding carboxylic acids is 1. The van der Waals surface area contributed by atoms with Crippen molar-refractivity contribution in [3.63, 3.8) is 0 Å². The lowest BCUT2D eigenvalue weighted by molar-refractivity contribution is -0.122. The minimum absolute atomic E-state index is 0.332. The van der Waals surface area contributed by atoms with Crippen LogP contribution < -0.4 is 14.8 Å². The Morgan fingerprint density at radius 3 is 2.35 bits per heavy atom. The van der Waals surface area contributed by atoms with Gasteiger partial charge in [-0.1, -0.05) is 19.1 Å². The number of amides is 1. The van der Waals surface area contributed by atoms with E-state index >= 15 is 0 Å². The molecule has 1 atom stereocenters. The van der Waals surface area contributed by atoms with E-state index in [4.69, 9.17) is 9.47 Å². The number of halogens is 2. The van der Waals surface area contributed by atoms with Crippen molar-refractivity contribution in [2.24, 2.45) is 0 Å². The van der Waals surface area contributed by atoms with E-state index in [1.807, 2.05) is 0 Å². The van der Waals surface area contributed by atoms with Crippen LogP contribution in [0.1, 0.15) is 13.3 Å². The zero-order chi connectivity index (χ0) is 16.8. The van der Waals surface area contributed by atoms with E-state index < -0.39 is 29.3 Å². The van der Waals surface area contributed by atoms with E-state index in [1.165, 1.54) is 13.2 Å². The van der Waals surface area contributed by atoms with Crippen molar-refractivity contribution in [2.75, 3.05) is 12.4 Å². The Balaban J connectivity index is 2.12. The summed E-state index contributed by atoms with van der Waals surface area (Å²) in [5, 5.41) is 2.23. The Bertz CT molecular complexity index is 671. The van der Waals surface area contributed by atoms with Crippen LogP contribution in [0.25, 0.3) is 0 Å². The first-order chi connectivity index (χ1) is 11.0. The highest BCUT2D eigenvalue weighted by molar-refractivity contribution is 5.94. The highest BCUT2D eigenvalue weighted by Gasteiger charge is 2.21. The normalized spacial score (nSPS) is 11.7. The molecule has 0 aromatic heterocycles. The molecule has 0 aliphatic carbocycles. The number of ether oxygens (including phenoxy) is 2. The summed E-state index contributed by atoms with van der Waals surface area (Å²) in [5.74, 6) is -1.29. The van der Waals surface area contributed by atoms with Gasteiger partial charge in [-0.3, -0.25) is 4.79 Å². The van der Waals surface area contributed by atoms with Crippen LogP contribution in [0, 0.1) is 11.6 Å². The fourth-order valence-corrected chi connectivity index (χ4v) is 1.98. The summed E-state index contributed by atoms with van der Waals surface area (Å²) in [6, 6.07) is 10.1. The summed E-state index contributed by atoms with van der Waals surface area (Å²) in [5.41, 5.74) is -0.481. The van der Waals surface area contributed by atoms with Crippen molar-refractivity contribution in [1.29, 1.82) is 0 Å². The molecule has 0 bridgehead atoms. The number of carbonyl (C=O) groups is 1. The van der Waals surface area contributed by atoms with Crippen molar-refractivity contribution in [2.45, 2.75) is 19.4 Å². The summed E-state index contributed by atoms with van der Waals surface area (Å²) < 4.78 is 37.8. The van der Waals surface area contributed by atoms with Crippen LogP contribution in [0.5, 0.6) is 11.5 Å². The van der Waals surface area contributed by atoms with E-state index in [0.717, 1.165) is 12.1 Å². The first kappa shape index (κ1) is 16.7. The molecule has 1 amide bonds. The SMILES string of the molecule is CC[C@H](Oc1cccc(OC)c1)C(=O)Nc1c(F)cccc1F. The van der Waals surface area contributed by atoms with Gasteiger partial charge in [0.15, 0.2) is 6.10 Å². The van der Waals surface area contributed by atoms with Crippen LogP contribution in [-0.2, 0) is 4.79 Å². The van der Waals surface area contributed by atoms with Crippen molar-refractivity contribution in [3.8, 4) is 11.5 Å². The number of methoxy groups -OCH3 is 1. The number of anilines is 1. The van der Waals surface area contributed by atoms with Gasteiger partial charge < -0.3 is 14.8 Å². The van der Waals surface area contributed by atoms with Gasteiger partial charge in [0, 0.05) is 6.07 Å². The quantitative estimate of drug-likeness (QED) is 0.881. The number of para-hydroxylation sites is 1. The predicted octanol–water partition coefficient (Wildman–Crippen LogP) is 3.77. The van der Waals surface area contributed by atoms with Gasteiger partial charge >= 0.3 is 0 Å². The fraction of sp³-hybridized carbons (Fsp3) is 0.235. The van der Waals surface area contributed by atoms with Crippen molar-refractivity contribution in [3.05, 3.63) is 54.1 Å². The summed E-state index contributed by atoms with van der Waals surface area (Å²) in [4.78, 5) is 12.2. The molecule has 0 saturated heterocycles. The number of benzene rings is 2. The van der Waals surface area contributed by atoms with Gasteiger partial charge in [-0.25, -0.2) is 8.78 Å². The Morgan fingerprint density at radius 1 is 1.13 bits per heavy atom. The van der Waals surface area contributed by atoms with E-state index in [1.54, 1.807) is 31.2 Å². The Hall–Kier alpha value is -2.63. The third-order valence-corrected chi connectivity index (χ3v) is 3.19. The number of rotatable bonds is 6. The highest BCUT2D eigenvalue weighted by Crippen LogP contribution is 2.22. The molecular formula is C17H17F2NO3. The van der Waals surface area contributed by atoms with E-state index in [0.29, 0.717) is 17.9 Å². The maximum absolute atomic E-state index is 13.6. The third-order valence-electron chi connectivity index (χ3n) is 3.19. The van der Waals surface area contributed by atoms with Gasteiger partial charge in [0.05, 0.1) is 7.11 Å². The lowest BCUT2D eigenvalue weighted by atomic mass is 10.2. The van der Waals surface area contributed by atoms with Gasteiger partial charge in [0.2, 0.25) is 0 Å². The molecule has 0 aliphatic rings. The largest absolute Gasteiger partial charge is 0.497 e. The third kappa shape index (κ3) is 4.18. The van der Waals surface area contributed by atoms with Gasteiger partial charge in [0.1, 0.15) is 28.8 Å². The average molecular weight is 321 g/mol. The summed E-state index contributed by atoms with van der Waals surface area (Å²) in [6.45, 7) is 1.74. The van der Waals surface area contributed by atoms with Crippen molar-refractivity contribution in [1.82, 2.24) is 0 Å². The van der Waals surface area contributed by atoms with Crippen LogP contribution in [0.2, 0.25) is 0 Å². The molecule has 0 fully saturated rings. The molecule has 0 radical (unpaired) electrons. The molecule has 122 valence electrons. The van der Waals surface area contributed by atoms with E-state index in [2.05, 4.69) is 5.32 Å². The van der Waals surface area contributed by atoms with Crippen LogP contribution in [0.4, 0.5) is 14.5 Å². The topological polar surface area (TPSA) is 47.6 Å². The second-order valence-corrected chi connectivity index (χ2v) is 4.78. The molecule has 4 nitrogen and oxygen atoms in total. The van der Waals surface area contributed by atoms with Crippen molar-refractivity contribution < 1.29 is 23.0 Å². The predicted molar refractivity (Wildman–Crippen MR) is 82.7 cm³/mol. The van der Waals surface area contributed by atoms with E-state index in [9.17, 15) is 13.6 Å². The first-order valence-corrected chi connectivity index (χ1v) is 7.10. The maximum Gasteiger partial charge on any atom is 0.265 e. The zero-order valence-electron chi connectivity index (χ0n) is 12.8. The van der Waals surface area contributed by atoms with Gasteiger partial charge in [-0.15, -0.1) is 0 Å². The molecule has 1 N–H and O–H groups in total. The highest BCUT2D eigenvalue weighted by atomic mass is 19.1. The fourth-order valence-electron chi connectivity index (χ4n) is 1.98. The molecule has 23 heavy (non-hydrogen) atoms. The monoisotopic (exact) mass is 321 g/mol. The molecule has 0 saturated carbocycles. The zero-order valence-corrected chi connectivity index (χ0v) is 12.8. The second-order valence-electron chi connectivity index (χ2n) is 4.78. The Labute approximate surface area is 133 Å². The first-order valence-electron chi connectivity index (χ1n) is 7.10. The molecule has 6 heteroatoms. The Morgan fingerprint density at radius 2 is 1.74 bits per heavy atom. The standard InChI is InChI=1S/C17H17F2NO3/c1-3-15(23-12-7-4-6-11(10-12)22-2)17(21)20-16-13(18)8-5-9-14(16)19/h4-10,15H,3H2,1-2H3,(H,20,21)/t15-/m0/s1. The van der Waals surface area contributed by atoms with Crippen LogP contribution >= 0.6 is 0 Å². The maximum atomic E-state index is 13.6. The molecular weight excluding hydrogens is 304 g/mol. The number of hydrogen-bond acceptors (Lipinski definition) is 3. The van der Waals surface area contributed by atoms with Gasteiger partial charge in [0.25, 0.3) is 5.91 Å². The summed E-state index contributed by atoms with van der Waals surface area (Å²) in [6.07, 6.45) is -0.555. The van der Waals surface area contributed by atoms with Gasteiger partial charge in [-0.05, 0) is 30.7 Å². The average Bonchev–Trinajstić information content (AvgIpc) is 2.56. The molecule has 2 rings (SSSR count). The molecule has 0 heterocycles. The summed E-state index contributed by atoms with van der Waals surface area (Å²) >= 11 is 0. The summed E-state index contributed by atoms with van der Waals surface area (Å²) in [7, 11) is 1.52. The molecule has 0 aliphatic heterocycles.